The summed E-state index contributed by atoms with van der Waals surface area (Å²) in [6.07, 6.45) is 7.68. The summed E-state index contributed by atoms with van der Waals surface area (Å²) >= 11 is 0. The molecule has 1 aromatic rings. The van der Waals surface area contributed by atoms with Crippen LogP contribution >= 0.6 is 0 Å². The minimum atomic E-state index is -3.36. The van der Waals surface area contributed by atoms with Gasteiger partial charge in [-0.15, -0.1) is 0 Å². The highest BCUT2D eigenvalue weighted by molar-refractivity contribution is 7.89. The Hall–Kier alpha value is -0.910. The van der Waals surface area contributed by atoms with Crippen molar-refractivity contribution in [1.82, 2.24) is 10.0 Å². The number of fused-ring (bicyclic) bond motifs is 1. The second-order valence-electron chi connectivity index (χ2n) is 6.12. The van der Waals surface area contributed by atoms with Gasteiger partial charge in [-0.3, -0.25) is 0 Å². The molecule has 3 rings (SSSR count). The zero-order valence-electron chi connectivity index (χ0n) is 12.4. The van der Waals surface area contributed by atoms with Gasteiger partial charge in [-0.1, -0.05) is 6.07 Å². The second-order valence-corrected chi connectivity index (χ2v) is 7.88. The summed E-state index contributed by atoms with van der Waals surface area (Å²) in [7, 11) is -3.36. The highest BCUT2D eigenvalue weighted by Gasteiger charge is 2.19. The molecular formula is C16H24N2O2S. The van der Waals surface area contributed by atoms with Crippen LogP contribution in [0.1, 0.15) is 43.2 Å². The molecule has 21 heavy (non-hydrogen) atoms. The maximum atomic E-state index is 12.4. The molecular weight excluding hydrogens is 284 g/mol. The molecule has 1 fully saturated rings. The summed E-state index contributed by atoms with van der Waals surface area (Å²) in [4.78, 5) is 0.419. The Kier molecular flexibility index (Phi) is 4.62. The van der Waals surface area contributed by atoms with Gasteiger partial charge in [0.05, 0.1) is 4.90 Å². The highest BCUT2D eigenvalue weighted by Crippen LogP contribution is 2.24. The van der Waals surface area contributed by atoms with Crippen molar-refractivity contribution >= 4 is 10.0 Å². The van der Waals surface area contributed by atoms with E-state index < -0.39 is 10.0 Å². The standard InChI is InChI=1S/C16H24N2O2S/c19-21(20,18-11-9-15-6-3-10-17-15)16-8-7-13-4-1-2-5-14(13)12-16/h7-8,12,15,17-18H,1-6,9-11H2. The molecule has 116 valence electrons. The van der Waals surface area contributed by atoms with Gasteiger partial charge in [-0.25, -0.2) is 13.1 Å². The van der Waals surface area contributed by atoms with Gasteiger partial charge in [0.2, 0.25) is 10.0 Å². The van der Waals surface area contributed by atoms with Crippen LogP contribution in [0.4, 0.5) is 0 Å². The van der Waals surface area contributed by atoms with E-state index in [1.807, 2.05) is 12.1 Å². The monoisotopic (exact) mass is 308 g/mol. The number of sulfonamides is 1. The minimum Gasteiger partial charge on any atom is -0.314 e. The topological polar surface area (TPSA) is 58.2 Å². The Bertz CT molecular complexity index is 592. The van der Waals surface area contributed by atoms with Gasteiger partial charge in [0.15, 0.2) is 0 Å². The van der Waals surface area contributed by atoms with Gasteiger partial charge in [0, 0.05) is 12.6 Å². The first-order valence-electron chi connectivity index (χ1n) is 8.00. The molecule has 0 spiro atoms. The average molecular weight is 308 g/mol. The molecule has 1 unspecified atom stereocenters. The van der Waals surface area contributed by atoms with Crippen molar-refractivity contribution in [3.8, 4) is 0 Å². The van der Waals surface area contributed by atoms with E-state index in [-0.39, 0.29) is 0 Å². The van der Waals surface area contributed by atoms with Gasteiger partial charge in [0.25, 0.3) is 0 Å². The molecule has 1 aromatic carbocycles. The van der Waals surface area contributed by atoms with Gasteiger partial charge in [-0.2, -0.15) is 0 Å². The maximum Gasteiger partial charge on any atom is 0.240 e. The lowest BCUT2D eigenvalue weighted by Crippen LogP contribution is -2.30. The van der Waals surface area contributed by atoms with Crippen molar-refractivity contribution in [1.29, 1.82) is 0 Å². The molecule has 0 saturated carbocycles. The predicted octanol–water partition coefficient (Wildman–Crippen LogP) is 1.99. The zero-order valence-corrected chi connectivity index (χ0v) is 13.2. The fourth-order valence-electron chi connectivity index (χ4n) is 3.33. The molecule has 0 bridgehead atoms. The Morgan fingerprint density at radius 3 is 2.71 bits per heavy atom. The summed E-state index contributed by atoms with van der Waals surface area (Å²) in [5, 5.41) is 3.39. The number of hydrogen-bond acceptors (Lipinski definition) is 3. The van der Waals surface area contributed by atoms with Crippen molar-refractivity contribution in [2.75, 3.05) is 13.1 Å². The van der Waals surface area contributed by atoms with Crippen LogP contribution < -0.4 is 10.0 Å². The number of aryl methyl sites for hydroxylation is 2. The van der Waals surface area contributed by atoms with Crippen LogP contribution in [0.2, 0.25) is 0 Å². The lowest BCUT2D eigenvalue weighted by Gasteiger charge is -2.17. The number of hydrogen-bond donors (Lipinski definition) is 2. The summed E-state index contributed by atoms with van der Waals surface area (Å²) < 4.78 is 27.5. The molecule has 2 N–H and O–H groups in total. The van der Waals surface area contributed by atoms with Gasteiger partial charge >= 0.3 is 0 Å². The SMILES string of the molecule is O=S(=O)(NCCC1CCCN1)c1ccc2c(c1)CCCC2. The Labute approximate surface area is 127 Å². The van der Waals surface area contributed by atoms with E-state index >= 15 is 0 Å². The minimum absolute atomic E-state index is 0.419. The van der Waals surface area contributed by atoms with Gasteiger partial charge in [-0.05, 0) is 74.8 Å². The zero-order chi connectivity index (χ0) is 14.7. The van der Waals surface area contributed by atoms with Gasteiger partial charge in [0.1, 0.15) is 0 Å². The van der Waals surface area contributed by atoms with Crippen LogP contribution in [0.15, 0.2) is 23.1 Å². The fraction of sp³-hybridized carbons (Fsp3) is 0.625. The largest absolute Gasteiger partial charge is 0.314 e. The van der Waals surface area contributed by atoms with E-state index in [9.17, 15) is 8.42 Å². The van der Waals surface area contributed by atoms with Crippen LogP contribution in [-0.4, -0.2) is 27.5 Å². The molecule has 1 saturated heterocycles. The third kappa shape index (κ3) is 3.65. The summed E-state index contributed by atoms with van der Waals surface area (Å²) in [6, 6.07) is 6.07. The molecule has 0 radical (unpaired) electrons. The van der Waals surface area contributed by atoms with E-state index in [1.54, 1.807) is 6.07 Å². The highest BCUT2D eigenvalue weighted by atomic mass is 32.2. The van der Waals surface area contributed by atoms with Crippen molar-refractivity contribution < 1.29 is 8.42 Å². The number of rotatable bonds is 5. The van der Waals surface area contributed by atoms with Crippen molar-refractivity contribution in [3.63, 3.8) is 0 Å². The first-order chi connectivity index (χ1) is 10.1. The Morgan fingerprint density at radius 2 is 1.95 bits per heavy atom. The fourth-order valence-corrected chi connectivity index (χ4v) is 4.43. The van der Waals surface area contributed by atoms with E-state index in [2.05, 4.69) is 10.0 Å². The molecule has 4 nitrogen and oxygen atoms in total. The molecule has 1 aliphatic carbocycles. The maximum absolute atomic E-state index is 12.4. The van der Waals surface area contributed by atoms with Crippen LogP contribution in [0.5, 0.6) is 0 Å². The molecule has 1 aliphatic heterocycles. The molecule has 2 aliphatic rings. The summed E-state index contributed by atoms with van der Waals surface area (Å²) in [5.74, 6) is 0. The second kappa shape index (κ2) is 6.46. The molecule has 1 atom stereocenters. The summed E-state index contributed by atoms with van der Waals surface area (Å²) in [5.41, 5.74) is 2.52. The van der Waals surface area contributed by atoms with Gasteiger partial charge < -0.3 is 5.32 Å². The van der Waals surface area contributed by atoms with Crippen molar-refractivity contribution in [2.24, 2.45) is 0 Å². The first-order valence-corrected chi connectivity index (χ1v) is 9.48. The van der Waals surface area contributed by atoms with Crippen LogP contribution in [-0.2, 0) is 22.9 Å². The van der Waals surface area contributed by atoms with Crippen LogP contribution in [0.25, 0.3) is 0 Å². The van der Waals surface area contributed by atoms with E-state index in [0.717, 1.165) is 38.6 Å². The third-order valence-electron chi connectivity index (χ3n) is 4.58. The van der Waals surface area contributed by atoms with Crippen LogP contribution in [0.3, 0.4) is 0 Å². The Balaban J connectivity index is 1.63. The van der Waals surface area contributed by atoms with E-state index in [4.69, 9.17) is 0 Å². The number of benzene rings is 1. The normalized spacial score (nSPS) is 22.2. The first kappa shape index (κ1) is 15.0. The van der Waals surface area contributed by atoms with Crippen molar-refractivity contribution in [2.45, 2.75) is 55.9 Å². The Morgan fingerprint density at radius 1 is 1.14 bits per heavy atom. The third-order valence-corrected chi connectivity index (χ3v) is 6.04. The molecule has 0 aromatic heterocycles. The molecule has 0 amide bonds. The lowest BCUT2D eigenvalue weighted by atomic mass is 9.92. The average Bonchev–Trinajstić information content (AvgIpc) is 3.00. The smallest absolute Gasteiger partial charge is 0.240 e. The number of nitrogens with one attached hydrogen (secondary N) is 2. The molecule has 1 heterocycles. The van der Waals surface area contributed by atoms with E-state index in [0.29, 0.717) is 17.5 Å². The summed E-state index contributed by atoms with van der Waals surface area (Å²) in [6.45, 7) is 1.57. The lowest BCUT2D eigenvalue weighted by molar-refractivity contribution is 0.539. The quantitative estimate of drug-likeness (QED) is 0.874. The van der Waals surface area contributed by atoms with E-state index in [1.165, 1.54) is 24.0 Å². The van der Waals surface area contributed by atoms with Crippen molar-refractivity contribution in [3.05, 3.63) is 29.3 Å². The molecule has 5 heteroatoms. The van der Waals surface area contributed by atoms with Crippen LogP contribution in [0, 0.1) is 0 Å². The predicted molar refractivity (Wildman–Crippen MR) is 83.9 cm³/mol.